The summed E-state index contributed by atoms with van der Waals surface area (Å²) in [7, 11) is 0. The number of hydrogen-bond acceptors (Lipinski definition) is 5. The molecule has 2 heterocycles. The van der Waals surface area contributed by atoms with Crippen LogP contribution in [0.4, 0.5) is 5.95 Å². The van der Waals surface area contributed by atoms with Crippen molar-refractivity contribution in [3.8, 4) is 0 Å². The van der Waals surface area contributed by atoms with E-state index in [4.69, 9.17) is 16.7 Å². The summed E-state index contributed by atoms with van der Waals surface area (Å²) in [4.78, 5) is 35.7. The van der Waals surface area contributed by atoms with Crippen molar-refractivity contribution in [1.82, 2.24) is 14.9 Å². The third-order valence-corrected chi connectivity index (χ3v) is 4.39. The zero-order valence-corrected chi connectivity index (χ0v) is 14.1. The molecule has 2 rings (SSSR count). The number of amides is 1. The Morgan fingerprint density at radius 1 is 1.35 bits per heavy atom. The topological polar surface area (TPSA) is 86.6 Å². The van der Waals surface area contributed by atoms with Gasteiger partial charge in [0.2, 0.25) is 5.95 Å². The second kappa shape index (κ2) is 7.59. The van der Waals surface area contributed by atoms with E-state index in [2.05, 4.69) is 9.97 Å². The molecule has 1 aromatic heterocycles. The Balaban J connectivity index is 2.16. The minimum absolute atomic E-state index is 0.178. The number of carboxylic acids is 1. The first-order chi connectivity index (χ1) is 11.0. The summed E-state index contributed by atoms with van der Waals surface area (Å²) in [6.45, 7) is 6.23. The first-order valence-electron chi connectivity index (χ1n) is 7.77. The van der Waals surface area contributed by atoms with Gasteiger partial charge in [-0.25, -0.2) is 9.97 Å². The number of rotatable bonds is 5. The van der Waals surface area contributed by atoms with Crippen LogP contribution >= 0.6 is 11.6 Å². The normalized spacial score (nSPS) is 15.5. The lowest BCUT2D eigenvalue weighted by atomic mass is 9.97. The molecule has 1 amide bonds. The zero-order chi connectivity index (χ0) is 17.0. The van der Waals surface area contributed by atoms with Gasteiger partial charge >= 0.3 is 5.97 Å². The Kier molecular flexibility index (Phi) is 5.76. The van der Waals surface area contributed by atoms with Crippen molar-refractivity contribution in [3.63, 3.8) is 0 Å². The van der Waals surface area contributed by atoms with Gasteiger partial charge in [-0.1, -0.05) is 11.6 Å². The highest BCUT2D eigenvalue weighted by Crippen LogP contribution is 2.22. The van der Waals surface area contributed by atoms with Crippen molar-refractivity contribution in [3.05, 3.63) is 16.9 Å². The maximum Gasteiger partial charge on any atom is 0.306 e. The van der Waals surface area contributed by atoms with Crippen molar-refractivity contribution in [2.75, 3.05) is 31.1 Å². The standard InChI is InChI=1S/C15H21ClN4O3/c1-3-19(4-2)15-17-9-11(16)12(18-15)13(21)20-7-5-10(6-8-20)14(22)23/h9-10H,3-8H2,1-2H3,(H,22,23). The fourth-order valence-electron chi connectivity index (χ4n) is 2.65. The first kappa shape index (κ1) is 17.5. The quantitative estimate of drug-likeness (QED) is 0.881. The van der Waals surface area contributed by atoms with Crippen LogP contribution in [-0.4, -0.2) is 58.0 Å². The van der Waals surface area contributed by atoms with E-state index in [9.17, 15) is 9.59 Å². The van der Waals surface area contributed by atoms with Gasteiger partial charge in [-0.15, -0.1) is 0 Å². The summed E-state index contributed by atoms with van der Waals surface area (Å²) in [6, 6.07) is 0. The zero-order valence-electron chi connectivity index (χ0n) is 13.3. The third-order valence-electron chi connectivity index (χ3n) is 4.11. The molecule has 0 unspecified atom stereocenters. The number of piperidine rings is 1. The molecule has 1 fully saturated rings. The van der Waals surface area contributed by atoms with Gasteiger partial charge in [0, 0.05) is 26.2 Å². The number of aliphatic carboxylic acids is 1. The Morgan fingerprint density at radius 3 is 2.48 bits per heavy atom. The molecule has 8 heteroatoms. The Morgan fingerprint density at radius 2 is 1.96 bits per heavy atom. The molecule has 0 spiro atoms. The Hall–Kier alpha value is -1.89. The highest BCUT2D eigenvalue weighted by Gasteiger charge is 2.29. The molecule has 0 saturated carbocycles. The summed E-state index contributed by atoms with van der Waals surface area (Å²) >= 11 is 6.10. The van der Waals surface area contributed by atoms with Crippen molar-refractivity contribution in [1.29, 1.82) is 0 Å². The minimum Gasteiger partial charge on any atom is -0.481 e. The van der Waals surface area contributed by atoms with E-state index in [0.717, 1.165) is 13.1 Å². The maximum atomic E-state index is 12.6. The molecule has 0 radical (unpaired) electrons. The second-order valence-corrected chi connectivity index (χ2v) is 5.85. The van der Waals surface area contributed by atoms with Crippen LogP contribution in [0.25, 0.3) is 0 Å². The van der Waals surface area contributed by atoms with Gasteiger partial charge in [0.1, 0.15) is 0 Å². The van der Waals surface area contributed by atoms with Crippen molar-refractivity contribution >= 4 is 29.4 Å². The molecule has 7 nitrogen and oxygen atoms in total. The number of carboxylic acid groups (broad SMARTS) is 1. The van der Waals surface area contributed by atoms with Gasteiger partial charge in [0.25, 0.3) is 5.91 Å². The summed E-state index contributed by atoms with van der Waals surface area (Å²) in [6.07, 6.45) is 2.35. The number of hydrogen-bond donors (Lipinski definition) is 1. The van der Waals surface area contributed by atoms with Gasteiger partial charge in [-0.2, -0.15) is 0 Å². The molecule has 1 saturated heterocycles. The molecule has 1 aromatic rings. The van der Waals surface area contributed by atoms with Crippen molar-refractivity contribution in [2.24, 2.45) is 5.92 Å². The summed E-state index contributed by atoms with van der Waals surface area (Å²) < 4.78 is 0. The van der Waals surface area contributed by atoms with Crippen LogP contribution in [0.2, 0.25) is 5.02 Å². The van der Waals surface area contributed by atoms with Crippen LogP contribution in [0.15, 0.2) is 6.20 Å². The molecule has 0 aromatic carbocycles. The number of halogens is 1. The summed E-state index contributed by atoms with van der Waals surface area (Å²) in [5, 5.41) is 9.24. The molecule has 126 valence electrons. The second-order valence-electron chi connectivity index (χ2n) is 5.44. The third kappa shape index (κ3) is 3.90. The van der Waals surface area contributed by atoms with Gasteiger partial charge in [-0.05, 0) is 26.7 Å². The van der Waals surface area contributed by atoms with Crippen molar-refractivity contribution < 1.29 is 14.7 Å². The maximum absolute atomic E-state index is 12.6. The van der Waals surface area contributed by atoms with Crippen LogP contribution < -0.4 is 4.90 Å². The van der Waals surface area contributed by atoms with E-state index < -0.39 is 5.97 Å². The Labute approximate surface area is 140 Å². The van der Waals surface area contributed by atoms with E-state index in [1.807, 2.05) is 18.7 Å². The molecule has 1 N–H and O–H groups in total. The van der Waals surface area contributed by atoms with Crippen LogP contribution in [-0.2, 0) is 4.79 Å². The number of anilines is 1. The highest BCUT2D eigenvalue weighted by molar-refractivity contribution is 6.33. The lowest BCUT2D eigenvalue weighted by Gasteiger charge is -2.30. The molecule has 0 aliphatic carbocycles. The monoisotopic (exact) mass is 340 g/mol. The number of nitrogens with zero attached hydrogens (tertiary/aromatic N) is 4. The fraction of sp³-hybridized carbons (Fsp3) is 0.600. The first-order valence-corrected chi connectivity index (χ1v) is 8.15. The number of aromatic nitrogens is 2. The lowest BCUT2D eigenvalue weighted by molar-refractivity contribution is -0.143. The fourth-order valence-corrected chi connectivity index (χ4v) is 2.82. The van der Waals surface area contributed by atoms with Crippen LogP contribution in [0.1, 0.15) is 37.2 Å². The van der Waals surface area contributed by atoms with Gasteiger partial charge in [0.05, 0.1) is 17.1 Å². The molecular formula is C15H21ClN4O3. The molecule has 0 bridgehead atoms. The van der Waals surface area contributed by atoms with Gasteiger partial charge in [0.15, 0.2) is 5.69 Å². The summed E-state index contributed by atoms with van der Waals surface area (Å²) in [5.74, 6) is -0.982. The van der Waals surface area contributed by atoms with E-state index in [-0.39, 0.29) is 22.5 Å². The largest absolute Gasteiger partial charge is 0.481 e. The van der Waals surface area contributed by atoms with Gasteiger partial charge in [-0.3, -0.25) is 9.59 Å². The van der Waals surface area contributed by atoms with E-state index in [0.29, 0.717) is 31.9 Å². The van der Waals surface area contributed by atoms with Crippen LogP contribution in [0, 0.1) is 5.92 Å². The average Bonchev–Trinajstić information content (AvgIpc) is 2.56. The number of likely N-dealkylation sites (tertiary alicyclic amines) is 1. The molecule has 23 heavy (non-hydrogen) atoms. The average molecular weight is 341 g/mol. The SMILES string of the molecule is CCN(CC)c1ncc(Cl)c(C(=O)N2CCC(C(=O)O)CC2)n1. The molecule has 1 aliphatic rings. The van der Waals surface area contributed by atoms with E-state index in [1.54, 1.807) is 4.90 Å². The number of carbonyl (C=O) groups excluding carboxylic acids is 1. The molecule has 1 aliphatic heterocycles. The Bertz CT molecular complexity index is 584. The molecular weight excluding hydrogens is 320 g/mol. The van der Waals surface area contributed by atoms with Gasteiger partial charge < -0.3 is 14.9 Å². The minimum atomic E-state index is -0.805. The van der Waals surface area contributed by atoms with Crippen molar-refractivity contribution in [2.45, 2.75) is 26.7 Å². The van der Waals surface area contributed by atoms with Crippen LogP contribution in [0.3, 0.4) is 0 Å². The van der Waals surface area contributed by atoms with E-state index >= 15 is 0 Å². The smallest absolute Gasteiger partial charge is 0.306 e. The highest BCUT2D eigenvalue weighted by atomic mass is 35.5. The predicted octanol–water partition coefficient (Wildman–Crippen LogP) is 1.91. The lowest BCUT2D eigenvalue weighted by Crippen LogP contribution is -2.40. The van der Waals surface area contributed by atoms with Crippen LogP contribution in [0.5, 0.6) is 0 Å². The molecule has 0 atom stereocenters. The predicted molar refractivity (Wildman–Crippen MR) is 86.9 cm³/mol. The van der Waals surface area contributed by atoms with E-state index in [1.165, 1.54) is 6.20 Å². The summed E-state index contributed by atoms with van der Waals surface area (Å²) in [5.41, 5.74) is 0.178. The number of carbonyl (C=O) groups is 2.